The lowest BCUT2D eigenvalue weighted by Crippen LogP contribution is -2.47. The van der Waals surface area contributed by atoms with Crippen LogP contribution in [0.25, 0.3) is 20.7 Å². The summed E-state index contributed by atoms with van der Waals surface area (Å²) < 4.78 is 13.3. The molecule has 0 bridgehead atoms. The number of nitrogens with one attached hydrogen (secondary N) is 3. The number of methoxy groups -OCH3 is 1. The number of thiazole rings is 1. The molecule has 5 aromatic rings. The molecule has 2 amide bonds. The number of piperidine rings is 1. The summed E-state index contributed by atoms with van der Waals surface area (Å²) in [6, 6.07) is 18.5. The SMILES string of the molecule is COc1cc(NC(=O)CCN2CCC(N(C(=O)O)c3ccsc3-c3ccccc3)CC2)c(Cl)cc1CNC[C@H](O[Si](C)(C)C(C)(C)C)c1ccc(O)c2[nH]c(=O)sc12. The normalized spacial score (nSPS) is 14.7. The van der Waals surface area contributed by atoms with Gasteiger partial charge in [-0.2, -0.15) is 0 Å². The Labute approximate surface area is 352 Å². The number of benzene rings is 3. The maximum absolute atomic E-state index is 13.2. The van der Waals surface area contributed by atoms with Crippen LogP contribution in [0.5, 0.6) is 11.5 Å². The van der Waals surface area contributed by atoms with E-state index in [4.69, 9.17) is 20.8 Å². The first-order valence-corrected chi connectivity index (χ1v) is 24.3. The Kier molecular flexibility index (Phi) is 13.7. The summed E-state index contributed by atoms with van der Waals surface area (Å²) in [5.41, 5.74) is 4.16. The molecule has 0 radical (unpaired) electrons. The number of nitrogens with zero attached hydrogens (tertiary/aromatic N) is 2. The van der Waals surface area contributed by atoms with Crippen molar-refractivity contribution in [2.75, 3.05) is 43.5 Å². The number of halogens is 1. The number of carboxylic acid groups (broad SMARTS) is 1. The molecule has 12 nitrogen and oxygen atoms in total. The zero-order valence-electron chi connectivity index (χ0n) is 33.7. The van der Waals surface area contributed by atoms with Crippen molar-refractivity contribution in [2.45, 2.75) is 76.9 Å². The number of carbonyl (C=O) groups excluding carboxylic acids is 1. The highest BCUT2D eigenvalue weighted by Gasteiger charge is 2.40. The molecule has 0 saturated carbocycles. The maximum atomic E-state index is 13.2. The molecule has 1 aliphatic heterocycles. The van der Waals surface area contributed by atoms with Gasteiger partial charge in [0.15, 0.2) is 8.32 Å². The topological polar surface area (TPSA) is 156 Å². The van der Waals surface area contributed by atoms with Gasteiger partial charge < -0.3 is 39.9 Å². The van der Waals surface area contributed by atoms with Crippen molar-refractivity contribution < 1.29 is 29.0 Å². The van der Waals surface area contributed by atoms with Crippen LogP contribution >= 0.6 is 34.3 Å². The fraction of sp³-hybridized carbons (Fsp3) is 0.405. The first-order valence-electron chi connectivity index (χ1n) is 19.3. The quantitative estimate of drug-likeness (QED) is 0.0647. The first-order chi connectivity index (χ1) is 27.6. The Morgan fingerprint density at radius 3 is 2.50 bits per heavy atom. The number of thiophene rings is 1. The predicted octanol–water partition coefficient (Wildman–Crippen LogP) is 9.52. The number of rotatable bonds is 15. The van der Waals surface area contributed by atoms with E-state index in [1.807, 2.05) is 47.8 Å². The summed E-state index contributed by atoms with van der Waals surface area (Å²) in [6.07, 6.45) is 0.189. The average Bonchev–Trinajstić information content (AvgIpc) is 3.82. The Morgan fingerprint density at radius 1 is 1.10 bits per heavy atom. The van der Waals surface area contributed by atoms with Crippen LogP contribution in [-0.2, 0) is 15.8 Å². The molecule has 6 rings (SSSR count). The maximum Gasteiger partial charge on any atom is 0.412 e. The molecule has 16 heteroatoms. The molecule has 5 N–H and O–H groups in total. The third kappa shape index (κ3) is 9.96. The van der Waals surface area contributed by atoms with Gasteiger partial charge in [0, 0.05) is 62.4 Å². The van der Waals surface area contributed by atoms with E-state index >= 15 is 0 Å². The highest BCUT2D eigenvalue weighted by atomic mass is 35.5. The largest absolute Gasteiger partial charge is 0.506 e. The number of ether oxygens (including phenoxy) is 1. The summed E-state index contributed by atoms with van der Waals surface area (Å²) in [4.78, 5) is 45.2. The number of aromatic hydroxyl groups is 1. The minimum Gasteiger partial charge on any atom is -0.506 e. The summed E-state index contributed by atoms with van der Waals surface area (Å²) in [7, 11) is -0.708. The van der Waals surface area contributed by atoms with Gasteiger partial charge in [-0.05, 0) is 60.1 Å². The highest BCUT2D eigenvalue weighted by Crippen LogP contribution is 2.42. The van der Waals surface area contributed by atoms with Gasteiger partial charge in [0.1, 0.15) is 17.0 Å². The van der Waals surface area contributed by atoms with Crippen molar-refractivity contribution >= 4 is 76.2 Å². The monoisotopic (exact) mass is 865 g/mol. The van der Waals surface area contributed by atoms with Gasteiger partial charge in [0.25, 0.3) is 0 Å². The second-order valence-corrected chi connectivity index (χ2v) is 23.1. The van der Waals surface area contributed by atoms with Gasteiger partial charge in [-0.25, -0.2) is 4.79 Å². The molecule has 1 saturated heterocycles. The number of fused-ring (bicyclic) bond motifs is 1. The third-order valence-corrected chi connectivity index (χ3v) is 17.9. The minimum absolute atomic E-state index is 0.0137. The van der Waals surface area contributed by atoms with Crippen molar-refractivity contribution in [3.05, 3.63) is 91.9 Å². The Morgan fingerprint density at radius 2 is 1.83 bits per heavy atom. The number of H-pyrrole nitrogens is 1. The molecule has 3 aromatic carbocycles. The van der Waals surface area contributed by atoms with Gasteiger partial charge in [-0.15, -0.1) is 11.3 Å². The first kappa shape index (κ1) is 43.4. The van der Waals surface area contributed by atoms with Crippen molar-refractivity contribution in [2.24, 2.45) is 0 Å². The predicted molar refractivity (Wildman–Crippen MR) is 238 cm³/mol. The molecule has 1 atom stereocenters. The molecule has 0 spiro atoms. The summed E-state index contributed by atoms with van der Waals surface area (Å²) in [6.45, 7) is 13.5. The number of amides is 2. The van der Waals surface area contributed by atoms with E-state index in [1.165, 1.54) is 16.2 Å². The van der Waals surface area contributed by atoms with Gasteiger partial charge >= 0.3 is 11.0 Å². The molecule has 58 heavy (non-hydrogen) atoms. The van der Waals surface area contributed by atoms with Crippen LogP contribution in [0.1, 0.15) is 57.3 Å². The second-order valence-electron chi connectivity index (χ2n) is 16.1. The lowest BCUT2D eigenvalue weighted by atomic mass is 10.0. The number of carbonyl (C=O) groups is 2. The van der Waals surface area contributed by atoms with E-state index in [-0.39, 0.29) is 34.0 Å². The molecule has 310 valence electrons. The van der Waals surface area contributed by atoms with E-state index in [2.05, 4.69) is 54.4 Å². The van der Waals surface area contributed by atoms with E-state index in [1.54, 1.807) is 25.3 Å². The average molecular weight is 867 g/mol. The molecular weight excluding hydrogens is 814 g/mol. The van der Waals surface area contributed by atoms with Crippen LogP contribution in [0.2, 0.25) is 23.2 Å². The number of aromatic nitrogens is 1. The highest BCUT2D eigenvalue weighted by molar-refractivity contribution is 7.16. The Bertz CT molecular complexity index is 2280. The number of aromatic amines is 1. The standard InChI is InChI=1S/C42H52ClN5O7S2Si/c1-42(2,3)58(5,6)55-35(29-12-13-33(49)37-39(29)57-40(51)46-37)25-44-24-27-22-30(43)31(23-34(27)54-4)45-36(50)16-20-47-18-14-28(15-19-47)48(41(52)53)32-17-21-56-38(32)26-10-8-7-9-11-26/h7-13,17,21-23,28,35,44,49H,14-16,18-20,24-25H2,1-6H3,(H,45,50)(H,46,51)(H,52,53)/t35-/m0/s1. The minimum atomic E-state index is -2.28. The van der Waals surface area contributed by atoms with E-state index < -0.39 is 20.5 Å². The van der Waals surface area contributed by atoms with Crippen molar-refractivity contribution in [1.29, 1.82) is 0 Å². The van der Waals surface area contributed by atoms with E-state index in [0.29, 0.717) is 77.9 Å². The van der Waals surface area contributed by atoms with Crippen LogP contribution in [0.15, 0.2) is 70.8 Å². The number of phenolic OH excluding ortho intramolecular Hbond substituents is 1. The molecule has 0 unspecified atom stereocenters. The van der Waals surface area contributed by atoms with Gasteiger partial charge in [0.05, 0.1) is 39.2 Å². The molecule has 2 aromatic heterocycles. The van der Waals surface area contributed by atoms with E-state index in [9.17, 15) is 24.6 Å². The van der Waals surface area contributed by atoms with Crippen LogP contribution < -0.4 is 25.1 Å². The molecule has 1 aliphatic rings. The number of anilines is 2. The van der Waals surface area contributed by atoms with Gasteiger partial charge in [-0.1, -0.05) is 80.1 Å². The second kappa shape index (κ2) is 18.4. The lowest BCUT2D eigenvalue weighted by Gasteiger charge is -2.39. The molecule has 3 heterocycles. The van der Waals surface area contributed by atoms with Gasteiger partial charge in [0.2, 0.25) is 5.91 Å². The van der Waals surface area contributed by atoms with E-state index in [0.717, 1.165) is 32.9 Å². The number of phenols is 1. The number of hydrogen-bond donors (Lipinski definition) is 5. The number of likely N-dealkylation sites (tertiary alicyclic amines) is 1. The van der Waals surface area contributed by atoms with Crippen LogP contribution in [-0.4, -0.2) is 79.7 Å². The summed E-state index contributed by atoms with van der Waals surface area (Å²) >= 11 is 9.33. The van der Waals surface area contributed by atoms with Gasteiger partial charge in [-0.3, -0.25) is 14.5 Å². The summed E-state index contributed by atoms with van der Waals surface area (Å²) in [5.74, 6) is 0.378. The zero-order valence-corrected chi connectivity index (χ0v) is 37.1. The molecular formula is C42H52ClN5O7S2Si. The van der Waals surface area contributed by atoms with Crippen molar-refractivity contribution in [3.63, 3.8) is 0 Å². The summed E-state index contributed by atoms with van der Waals surface area (Å²) in [5, 5.41) is 29.4. The van der Waals surface area contributed by atoms with Crippen LogP contribution in [0, 0.1) is 0 Å². The fourth-order valence-corrected chi connectivity index (χ4v) is 10.3. The lowest BCUT2D eigenvalue weighted by molar-refractivity contribution is -0.116. The fourth-order valence-electron chi connectivity index (χ4n) is 7.02. The van der Waals surface area contributed by atoms with Crippen LogP contribution in [0.4, 0.5) is 16.2 Å². The van der Waals surface area contributed by atoms with Crippen molar-refractivity contribution in [3.8, 4) is 21.9 Å². The van der Waals surface area contributed by atoms with Crippen molar-refractivity contribution in [1.82, 2.24) is 15.2 Å². The van der Waals surface area contributed by atoms with Crippen LogP contribution in [0.3, 0.4) is 0 Å². The smallest absolute Gasteiger partial charge is 0.412 e. The Hall–Kier alpha value is -4.22. The number of hydrogen-bond acceptors (Lipinski definition) is 10. The Balaban J connectivity index is 1.05. The zero-order chi connectivity index (χ0) is 41.8. The molecule has 0 aliphatic carbocycles. The molecule has 1 fully saturated rings. The third-order valence-electron chi connectivity index (χ3n) is 11.2.